The van der Waals surface area contributed by atoms with Crippen molar-refractivity contribution >= 4 is 0 Å². The predicted octanol–water partition coefficient (Wildman–Crippen LogP) is 4.14. The van der Waals surface area contributed by atoms with Crippen LogP contribution in [0.2, 0.25) is 0 Å². The molecule has 2 N–H and O–H groups in total. The molecule has 1 aromatic heterocycles. The summed E-state index contributed by atoms with van der Waals surface area (Å²) in [5.74, 6) is 3.29. The average Bonchev–Trinajstić information content (AvgIpc) is 3.06. The largest absolute Gasteiger partial charge is 0.393 e. The predicted molar refractivity (Wildman–Crippen MR) is 94.8 cm³/mol. The fourth-order valence-corrected chi connectivity index (χ4v) is 7.84. The third-order valence-corrected chi connectivity index (χ3v) is 9.03. The van der Waals surface area contributed by atoms with Crippen molar-refractivity contribution in [1.29, 1.82) is 0 Å². The minimum atomic E-state index is -0.0347. The van der Waals surface area contributed by atoms with Crippen molar-refractivity contribution in [3.8, 4) is 0 Å². The number of H-pyrrole nitrogens is 1. The van der Waals surface area contributed by atoms with Gasteiger partial charge < -0.3 is 5.11 Å². The molecule has 7 atom stereocenters. The van der Waals surface area contributed by atoms with Crippen LogP contribution in [0.25, 0.3) is 0 Å². The molecule has 0 saturated heterocycles. The summed E-state index contributed by atoms with van der Waals surface area (Å²) in [5, 5.41) is 18.1. The minimum absolute atomic E-state index is 0.0347. The Bertz CT molecular complexity index is 667. The molecule has 0 aromatic carbocycles. The van der Waals surface area contributed by atoms with Crippen LogP contribution in [0.15, 0.2) is 0 Å². The first-order valence-corrected chi connectivity index (χ1v) is 10.2. The Morgan fingerprint density at radius 2 is 1.92 bits per heavy atom. The summed E-state index contributed by atoms with van der Waals surface area (Å²) >= 11 is 0. The number of fused-ring (bicyclic) bond motifs is 7. The summed E-state index contributed by atoms with van der Waals surface area (Å²) in [6.45, 7) is 7.32. The van der Waals surface area contributed by atoms with Gasteiger partial charge in [0.2, 0.25) is 0 Å². The van der Waals surface area contributed by atoms with Crippen LogP contribution in [0.4, 0.5) is 0 Å². The highest BCUT2D eigenvalue weighted by Gasteiger charge is 2.59. The molecule has 0 unspecified atom stereocenters. The number of nitrogens with one attached hydrogen (secondary N) is 1. The standard InChI is InChI=1S/C21H32N2O/c1-12-19-18(23-22-12)11-17-15-5-4-13-10-14(24)6-8-20(13,2)16(15)7-9-21(17,19)3/h13-17,24H,4-11H2,1-3H3,(H,22,23)/t13-,14-,15+,16-,17+,20+,21-/m1/s1. The van der Waals surface area contributed by atoms with Gasteiger partial charge in [-0.3, -0.25) is 5.10 Å². The summed E-state index contributed by atoms with van der Waals surface area (Å²) in [7, 11) is 0. The first kappa shape index (κ1) is 15.4. The molecular weight excluding hydrogens is 296 g/mol. The van der Waals surface area contributed by atoms with E-state index in [9.17, 15) is 5.11 Å². The second-order valence-corrected chi connectivity index (χ2v) is 9.92. The number of rotatable bonds is 0. The number of aromatic amines is 1. The van der Waals surface area contributed by atoms with E-state index in [4.69, 9.17) is 0 Å². The van der Waals surface area contributed by atoms with E-state index >= 15 is 0 Å². The Hall–Kier alpha value is -0.830. The SMILES string of the molecule is Cc1[nH]nc2c1[C@]1(C)CC[C@@H]3[C@H](CC[C@@H]4C[C@H](O)CC[C@@]43C)[C@@H]1C2. The van der Waals surface area contributed by atoms with E-state index in [0.29, 0.717) is 10.8 Å². The molecule has 1 heterocycles. The Morgan fingerprint density at radius 1 is 1.08 bits per heavy atom. The molecule has 3 nitrogen and oxygen atoms in total. The van der Waals surface area contributed by atoms with Gasteiger partial charge >= 0.3 is 0 Å². The van der Waals surface area contributed by atoms with E-state index in [1.165, 1.54) is 49.9 Å². The molecular formula is C21H32N2O. The van der Waals surface area contributed by atoms with E-state index in [-0.39, 0.29) is 6.10 Å². The number of hydrogen-bond donors (Lipinski definition) is 2. The summed E-state index contributed by atoms with van der Waals surface area (Å²) in [6, 6.07) is 0. The highest BCUT2D eigenvalue weighted by Crippen LogP contribution is 2.65. The Balaban J connectivity index is 1.50. The normalized spacial score (nSPS) is 49.9. The van der Waals surface area contributed by atoms with Gasteiger partial charge in [0.15, 0.2) is 0 Å². The van der Waals surface area contributed by atoms with Crippen LogP contribution in [-0.2, 0) is 11.8 Å². The molecule has 4 aliphatic carbocycles. The molecule has 3 saturated carbocycles. The van der Waals surface area contributed by atoms with Gasteiger partial charge in [-0.1, -0.05) is 13.8 Å². The lowest BCUT2D eigenvalue weighted by atomic mass is 9.45. The van der Waals surface area contributed by atoms with Crippen molar-refractivity contribution < 1.29 is 5.11 Å². The van der Waals surface area contributed by atoms with Crippen LogP contribution in [0.5, 0.6) is 0 Å². The quantitative estimate of drug-likeness (QED) is 0.752. The zero-order valence-electron chi connectivity index (χ0n) is 15.4. The molecule has 0 bridgehead atoms. The maximum atomic E-state index is 10.2. The van der Waals surface area contributed by atoms with Crippen LogP contribution in [-0.4, -0.2) is 21.4 Å². The molecule has 0 amide bonds. The zero-order valence-corrected chi connectivity index (χ0v) is 15.4. The Labute approximate surface area is 145 Å². The first-order chi connectivity index (χ1) is 11.4. The van der Waals surface area contributed by atoms with Gasteiger partial charge in [0, 0.05) is 11.3 Å². The summed E-state index contributed by atoms with van der Waals surface area (Å²) in [5.41, 5.74) is 5.08. The molecule has 24 heavy (non-hydrogen) atoms. The van der Waals surface area contributed by atoms with E-state index in [1.54, 1.807) is 5.56 Å². The van der Waals surface area contributed by atoms with Crippen LogP contribution in [0.3, 0.4) is 0 Å². The smallest absolute Gasteiger partial charge is 0.0665 e. The molecule has 3 fully saturated rings. The number of aliphatic hydroxyl groups excluding tert-OH is 1. The molecule has 132 valence electrons. The van der Waals surface area contributed by atoms with Gasteiger partial charge in [-0.05, 0) is 92.8 Å². The van der Waals surface area contributed by atoms with Crippen molar-refractivity contribution in [3.63, 3.8) is 0 Å². The van der Waals surface area contributed by atoms with Gasteiger partial charge in [-0.25, -0.2) is 0 Å². The lowest BCUT2D eigenvalue weighted by molar-refractivity contribution is -0.111. The second-order valence-electron chi connectivity index (χ2n) is 9.92. The maximum Gasteiger partial charge on any atom is 0.0665 e. The summed E-state index contributed by atoms with van der Waals surface area (Å²) in [6.07, 6.45) is 9.92. The van der Waals surface area contributed by atoms with Crippen LogP contribution in [0.1, 0.15) is 75.7 Å². The number of hydrogen-bond acceptors (Lipinski definition) is 2. The molecule has 3 heteroatoms. The zero-order chi connectivity index (χ0) is 16.7. The number of aryl methyl sites for hydroxylation is 1. The van der Waals surface area contributed by atoms with E-state index in [0.717, 1.165) is 36.5 Å². The van der Waals surface area contributed by atoms with Crippen molar-refractivity contribution in [2.45, 2.75) is 83.7 Å². The summed E-state index contributed by atoms with van der Waals surface area (Å²) in [4.78, 5) is 0. The number of aliphatic hydroxyl groups is 1. The van der Waals surface area contributed by atoms with Gasteiger partial charge in [-0.15, -0.1) is 0 Å². The molecule has 5 rings (SSSR count). The monoisotopic (exact) mass is 328 g/mol. The second kappa shape index (κ2) is 4.87. The highest BCUT2D eigenvalue weighted by molar-refractivity contribution is 5.40. The van der Waals surface area contributed by atoms with Crippen LogP contribution in [0, 0.1) is 36.0 Å². The van der Waals surface area contributed by atoms with E-state index in [1.807, 2.05) is 0 Å². The molecule has 0 spiro atoms. The van der Waals surface area contributed by atoms with Gasteiger partial charge in [-0.2, -0.15) is 5.10 Å². The Morgan fingerprint density at radius 3 is 2.75 bits per heavy atom. The average molecular weight is 329 g/mol. The fraction of sp³-hybridized carbons (Fsp3) is 0.857. The maximum absolute atomic E-state index is 10.2. The molecule has 1 aromatic rings. The topological polar surface area (TPSA) is 48.9 Å². The minimum Gasteiger partial charge on any atom is -0.393 e. The third kappa shape index (κ3) is 1.80. The lowest BCUT2D eigenvalue weighted by Gasteiger charge is -2.60. The fourth-order valence-electron chi connectivity index (χ4n) is 7.84. The molecule has 0 aliphatic heterocycles. The van der Waals surface area contributed by atoms with Gasteiger partial charge in [0.05, 0.1) is 11.8 Å². The van der Waals surface area contributed by atoms with E-state index in [2.05, 4.69) is 31.0 Å². The number of nitrogens with zero attached hydrogens (tertiary/aromatic N) is 1. The van der Waals surface area contributed by atoms with Gasteiger partial charge in [0.1, 0.15) is 0 Å². The van der Waals surface area contributed by atoms with Crippen molar-refractivity contribution in [2.24, 2.45) is 29.1 Å². The number of aromatic nitrogens is 2. The van der Waals surface area contributed by atoms with E-state index < -0.39 is 0 Å². The Kier molecular flexibility index (Phi) is 3.13. The van der Waals surface area contributed by atoms with Crippen molar-refractivity contribution in [2.75, 3.05) is 0 Å². The summed E-state index contributed by atoms with van der Waals surface area (Å²) < 4.78 is 0. The van der Waals surface area contributed by atoms with Crippen molar-refractivity contribution in [3.05, 3.63) is 17.0 Å². The van der Waals surface area contributed by atoms with Gasteiger partial charge in [0.25, 0.3) is 0 Å². The third-order valence-electron chi connectivity index (χ3n) is 9.03. The molecule has 4 aliphatic rings. The van der Waals surface area contributed by atoms with Crippen molar-refractivity contribution in [1.82, 2.24) is 10.2 Å². The van der Waals surface area contributed by atoms with Crippen LogP contribution < -0.4 is 0 Å². The first-order valence-electron chi connectivity index (χ1n) is 10.2. The molecule has 0 radical (unpaired) electrons. The highest BCUT2D eigenvalue weighted by atomic mass is 16.3. The van der Waals surface area contributed by atoms with Crippen LogP contribution >= 0.6 is 0 Å². The lowest BCUT2D eigenvalue weighted by Crippen LogP contribution is -2.54.